The third-order valence-electron chi connectivity index (χ3n) is 6.01. The number of rotatable bonds is 3. The molecule has 1 aromatic heterocycles. The van der Waals surface area contributed by atoms with Gasteiger partial charge in [-0.25, -0.2) is 4.98 Å². The summed E-state index contributed by atoms with van der Waals surface area (Å²) in [7, 11) is 0. The zero-order valence-corrected chi connectivity index (χ0v) is 15.7. The van der Waals surface area contributed by atoms with E-state index in [4.69, 9.17) is 0 Å². The van der Waals surface area contributed by atoms with Crippen molar-refractivity contribution < 1.29 is 9.59 Å². The molecule has 2 amide bonds. The van der Waals surface area contributed by atoms with Gasteiger partial charge in [0.15, 0.2) is 0 Å². The molecule has 4 rings (SSSR count). The molecule has 25 heavy (non-hydrogen) atoms. The number of nitrogens with zero attached hydrogens (tertiary/aromatic N) is 2. The van der Waals surface area contributed by atoms with Crippen molar-refractivity contribution in [3.63, 3.8) is 0 Å². The van der Waals surface area contributed by atoms with Crippen molar-refractivity contribution in [2.45, 2.75) is 64.3 Å². The highest BCUT2D eigenvalue weighted by molar-refractivity contribution is 7.11. The Kier molecular flexibility index (Phi) is 4.80. The maximum atomic E-state index is 12.7. The Bertz CT molecular complexity index is 660. The molecule has 1 saturated heterocycles. The molecule has 0 bridgehead atoms. The lowest BCUT2D eigenvalue weighted by molar-refractivity contribution is -0.141. The predicted molar refractivity (Wildman–Crippen MR) is 97.3 cm³/mol. The van der Waals surface area contributed by atoms with E-state index in [0.717, 1.165) is 68.7 Å². The molecule has 2 fully saturated rings. The highest BCUT2D eigenvalue weighted by Gasteiger charge is 2.34. The maximum absolute atomic E-state index is 12.7. The van der Waals surface area contributed by atoms with Crippen LogP contribution in [0.5, 0.6) is 0 Å². The van der Waals surface area contributed by atoms with Gasteiger partial charge in [0.05, 0.1) is 16.7 Å². The van der Waals surface area contributed by atoms with E-state index in [1.165, 1.54) is 11.3 Å². The van der Waals surface area contributed by atoms with Crippen LogP contribution in [0.2, 0.25) is 0 Å². The number of carbonyl (C=O) groups excluding carboxylic acids is 2. The van der Waals surface area contributed by atoms with Gasteiger partial charge in [0.25, 0.3) is 0 Å². The number of aromatic nitrogens is 1. The molecule has 2 heterocycles. The third-order valence-corrected chi connectivity index (χ3v) is 7.06. The molecule has 2 aliphatic carbocycles. The van der Waals surface area contributed by atoms with E-state index in [2.05, 4.69) is 10.3 Å². The summed E-state index contributed by atoms with van der Waals surface area (Å²) in [5, 5.41) is 4.34. The van der Waals surface area contributed by atoms with E-state index < -0.39 is 0 Å². The monoisotopic (exact) mass is 361 g/mol. The smallest absolute Gasteiger partial charge is 0.225 e. The zero-order valence-electron chi connectivity index (χ0n) is 14.9. The molecule has 1 unspecified atom stereocenters. The minimum Gasteiger partial charge on any atom is -0.347 e. The Hall–Kier alpha value is -1.43. The van der Waals surface area contributed by atoms with Crippen LogP contribution in [0.3, 0.4) is 0 Å². The van der Waals surface area contributed by atoms with Crippen LogP contribution in [0.15, 0.2) is 0 Å². The van der Waals surface area contributed by atoms with Crippen LogP contribution in [0, 0.1) is 18.8 Å². The van der Waals surface area contributed by atoms with Crippen molar-refractivity contribution >= 4 is 23.2 Å². The van der Waals surface area contributed by atoms with E-state index in [-0.39, 0.29) is 23.8 Å². The second kappa shape index (κ2) is 7.06. The van der Waals surface area contributed by atoms with E-state index in [1.54, 1.807) is 11.3 Å². The standard InChI is InChI=1S/C19H27N3O2S/c1-12-20-17-15(6-3-7-16(17)25-12)21-18(23)13-8-10-22(11-9-13)19(24)14-4-2-5-14/h13-15H,2-11H2,1H3,(H,21,23). The first-order valence-electron chi connectivity index (χ1n) is 9.67. The largest absolute Gasteiger partial charge is 0.347 e. The summed E-state index contributed by atoms with van der Waals surface area (Å²) in [6.07, 6.45) is 8.07. The molecule has 0 radical (unpaired) electrons. The van der Waals surface area contributed by atoms with Crippen LogP contribution in [0.1, 0.15) is 66.6 Å². The summed E-state index contributed by atoms with van der Waals surface area (Å²) in [5.74, 6) is 0.772. The van der Waals surface area contributed by atoms with Crippen LogP contribution in [0.25, 0.3) is 0 Å². The lowest BCUT2D eigenvalue weighted by Crippen LogP contribution is -2.46. The van der Waals surface area contributed by atoms with Crippen molar-refractivity contribution in [1.29, 1.82) is 0 Å². The van der Waals surface area contributed by atoms with Crippen LogP contribution < -0.4 is 5.32 Å². The summed E-state index contributed by atoms with van der Waals surface area (Å²) < 4.78 is 0. The number of fused-ring (bicyclic) bond motifs is 1. The molecule has 3 aliphatic rings. The fraction of sp³-hybridized carbons (Fsp3) is 0.737. The van der Waals surface area contributed by atoms with Crippen LogP contribution in [-0.2, 0) is 16.0 Å². The minimum absolute atomic E-state index is 0.0375. The maximum Gasteiger partial charge on any atom is 0.225 e. The number of amides is 2. The number of piperidine rings is 1. The van der Waals surface area contributed by atoms with Gasteiger partial charge >= 0.3 is 0 Å². The van der Waals surface area contributed by atoms with E-state index >= 15 is 0 Å². The molecule has 6 heteroatoms. The molecular weight excluding hydrogens is 334 g/mol. The van der Waals surface area contributed by atoms with Gasteiger partial charge in [-0.1, -0.05) is 6.42 Å². The lowest BCUT2D eigenvalue weighted by Gasteiger charge is -2.36. The first-order chi connectivity index (χ1) is 12.1. The minimum atomic E-state index is 0.0375. The fourth-order valence-corrected chi connectivity index (χ4v) is 5.29. The van der Waals surface area contributed by atoms with Crippen molar-refractivity contribution in [2.24, 2.45) is 11.8 Å². The average Bonchev–Trinajstić information content (AvgIpc) is 2.94. The van der Waals surface area contributed by atoms with Crippen molar-refractivity contribution in [3.8, 4) is 0 Å². The van der Waals surface area contributed by atoms with Gasteiger partial charge in [0.1, 0.15) is 0 Å². The Morgan fingerprint density at radius 1 is 1.08 bits per heavy atom. The number of likely N-dealkylation sites (tertiary alicyclic amines) is 1. The van der Waals surface area contributed by atoms with Gasteiger partial charge in [-0.15, -0.1) is 11.3 Å². The van der Waals surface area contributed by atoms with Crippen molar-refractivity contribution in [2.75, 3.05) is 13.1 Å². The Morgan fingerprint density at radius 3 is 2.52 bits per heavy atom. The average molecular weight is 362 g/mol. The summed E-state index contributed by atoms with van der Waals surface area (Å²) >= 11 is 1.76. The molecule has 5 nitrogen and oxygen atoms in total. The zero-order chi connectivity index (χ0) is 17.4. The van der Waals surface area contributed by atoms with Crippen molar-refractivity contribution in [3.05, 3.63) is 15.6 Å². The number of carbonyl (C=O) groups is 2. The molecule has 1 saturated carbocycles. The summed E-state index contributed by atoms with van der Waals surface area (Å²) in [4.78, 5) is 33.0. The summed E-state index contributed by atoms with van der Waals surface area (Å²) in [6, 6.07) is 0.0795. The van der Waals surface area contributed by atoms with Crippen LogP contribution >= 0.6 is 11.3 Å². The van der Waals surface area contributed by atoms with Gasteiger partial charge in [-0.2, -0.15) is 0 Å². The van der Waals surface area contributed by atoms with Gasteiger partial charge < -0.3 is 10.2 Å². The highest BCUT2D eigenvalue weighted by Crippen LogP contribution is 2.34. The molecule has 1 N–H and O–H groups in total. The first kappa shape index (κ1) is 17.0. The summed E-state index contributed by atoms with van der Waals surface area (Å²) in [6.45, 7) is 3.51. The summed E-state index contributed by atoms with van der Waals surface area (Å²) in [5.41, 5.74) is 1.10. The van der Waals surface area contributed by atoms with Crippen molar-refractivity contribution in [1.82, 2.24) is 15.2 Å². The third kappa shape index (κ3) is 3.46. The number of thiazole rings is 1. The molecule has 0 aromatic carbocycles. The Morgan fingerprint density at radius 2 is 1.84 bits per heavy atom. The molecule has 1 aliphatic heterocycles. The highest BCUT2D eigenvalue weighted by atomic mass is 32.1. The number of hydrogen-bond donors (Lipinski definition) is 1. The SMILES string of the molecule is Cc1nc2c(s1)CCCC2NC(=O)C1CCN(C(=O)C2CCC2)CC1. The Balaban J connectivity index is 1.31. The Labute approximate surface area is 153 Å². The fourth-order valence-electron chi connectivity index (χ4n) is 4.25. The second-order valence-electron chi connectivity index (χ2n) is 7.72. The van der Waals surface area contributed by atoms with Gasteiger partial charge in [-0.05, 0) is 51.9 Å². The second-order valence-corrected chi connectivity index (χ2v) is 9.01. The van der Waals surface area contributed by atoms with E-state index in [1.807, 2.05) is 11.8 Å². The quantitative estimate of drug-likeness (QED) is 0.900. The van der Waals surface area contributed by atoms with E-state index in [0.29, 0.717) is 5.91 Å². The van der Waals surface area contributed by atoms with Gasteiger partial charge in [0.2, 0.25) is 11.8 Å². The lowest BCUT2D eigenvalue weighted by atomic mass is 9.83. The van der Waals surface area contributed by atoms with Gasteiger partial charge in [-0.3, -0.25) is 9.59 Å². The normalized spacial score (nSPS) is 24.5. The topological polar surface area (TPSA) is 62.3 Å². The molecule has 1 aromatic rings. The van der Waals surface area contributed by atoms with Crippen LogP contribution in [0.4, 0.5) is 0 Å². The van der Waals surface area contributed by atoms with Crippen LogP contribution in [-0.4, -0.2) is 34.8 Å². The van der Waals surface area contributed by atoms with Gasteiger partial charge in [0, 0.05) is 29.8 Å². The number of nitrogens with one attached hydrogen (secondary N) is 1. The number of hydrogen-bond acceptors (Lipinski definition) is 4. The first-order valence-corrected chi connectivity index (χ1v) is 10.5. The molecular formula is C19H27N3O2S. The molecule has 1 atom stereocenters. The number of aryl methyl sites for hydroxylation is 2. The predicted octanol–water partition coefficient (Wildman–Crippen LogP) is 2.98. The molecule has 136 valence electrons. The van der Waals surface area contributed by atoms with E-state index in [9.17, 15) is 9.59 Å². The molecule has 0 spiro atoms.